The minimum Gasteiger partial charge on any atom is -0.317 e. The molecule has 1 aromatic carbocycles. The van der Waals surface area contributed by atoms with E-state index in [2.05, 4.69) is 39.1 Å². The van der Waals surface area contributed by atoms with Gasteiger partial charge in [0.1, 0.15) is 11.6 Å². The van der Waals surface area contributed by atoms with E-state index in [1.54, 1.807) is 0 Å². The molecule has 1 heterocycles. The molecule has 0 saturated heterocycles. The van der Waals surface area contributed by atoms with Gasteiger partial charge in [-0.15, -0.1) is 10.2 Å². The van der Waals surface area contributed by atoms with Crippen molar-refractivity contribution in [3.63, 3.8) is 0 Å². The largest absolute Gasteiger partial charge is 0.317 e. The van der Waals surface area contributed by atoms with Crippen molar-refractivity contribution >= 4 is 0 Å². The van der Waals surface area contributed by atoms with E-state index in [9.17, 15) is 0 Å². The SMILES string of the molecule is CCNCCc1nnc(C)n1-c1ccccc1. The second-order valence-corrected chi connectivity index (χ2v) is 3.94. The van der Waals surface area contributed by atoms with Crippen LogP contribution in [-0.2, 0) is 6.42 Å². The number of hydrogen-bond donors (Lipinski definition) is 1. The van der Waals surface area contributed by atoms with Gasteiger partial charge < -0.3 is 5.32 Å². The Labute approximate surface area is 102 Å². The van der Waals surface area contributed by atoms with Crippen molar-refractivity contribution in [1.82, 2.24) is 20.1 Å². The van der Waals surface area contributed by atoms with Gasteiger partial charge in [0.2, 0.25) is 0 Å². The standard InChI is InChI=1S/C13H18N4/c1-3-14-10-9-13-16-15-11(2)17(13)12-7-5-4-6-8-12/h4-8,14H,3,9-10H2,1-2H3. The third kappa shape index (κ3) is 2.71. The molecule has 0 atom stereocenters. The van der Waals surface area contributed by atoms with Crippen LogP contribution in [0.4, 0.5) is 0 Å². The minimum atomic E-state index is 0.892. The Hall–Kier alpha value is -1.68. The van der Waals surface area contributed by atoms with Crippen LogP contribution >= 0.6 is 0 Å². The molecular formula is C13H18N4. The fourth-order valence-electron chi connectivity index (χ4n) is 1.86. The molecule has 0 radical (unpaired) electrons. The normalized spacial score (nSPS) is 10.7. The number of likely N-dealkylation sites (N-methyl/N-ethyl adjacent to an activating group) is 1. The first kappa shape index (κ1) is 11.8. The molecule has 0 saturated carbocycles. The average Bonchev–Trinajstić information content (AvgIpc) is 2.72. The zero-order valence-corrected chi connectivity index (χ0v) is 10.3. The van der Waals surface area contributed by atoms with Crippen LogP contribution < -0.4 is 5.32 Å². The van der Waals surface area contributed by atoms with Gasteiger partial charge in [-0.1, -0.05) is 25.1 Å². The number of rotatable bonds is 5. The quantitative estimate of drug-likeness (QED) is 0.795. The molecular weight excluding hydrogens is 212 g/mol. The van der Waals surface area contributed by atoms with Crippen molar-refractivity contribution in [3.05, 3.63) is 42.0 Å². The molecule has 0 amide bonds. The maximum Gasteiger partial charge on any atom is 0.138 e. The van der Waals surface area contributed by atoms with Gasteiger partial charge in [-0.3, -0.25) is 4.57 Å². The minimum absolute atomic E-state index is 0.892. The Morgan fingerprint density at radius 3 is 2.65 bits per heavy atom. The van der Waals surface area contributed by atoms with Gasteiger partial charge >= 0.3 is 0 Å². The van der Waals surface area contributed by atoms with Crippen LogP contribution in [0.2, 0.25) is 0 Å². The average molecular weight is 230 g/mol. The molecule has 4 heteroatoms. The van der Waals surface area contributed by atoms with Gasteiger partial charge in [0.15, 0.2) is 0 Å². The van der Waals surface area contributed by atoms with Gasteiger partial charge in [-0.2, -0.15) is 0 Å². The summed E-state index contributed by atoms with van der Waals surface area (Å²) in [4.78, 5) is 0. The van der Waals surface area contributed by atoms with E-state index in [0.29, 0.717) is 0 Å². The Kier molecular flexibility index (Phi) is 3.88. The summed E-state index contributed by atoms with van der Waals surface area (Å²) in [6.07, 6.45) is 0.892. The Morgan fingerprint density at radius 1 is 1.18 bits per heavy atom. The van der Waals surface area contributed by atoms with Crippen molar-refractivity contribution in [2.24, 2.45) is 0 Å². The lowest BCUT2D eigenvalue weighted by molar-refractivity contribution is 0.686. The van der Waals surface area contributed by atoms with Crippen LogP contribution in [0.25, 0.3) is 5.69 Å². The fraction of sp³-hybridized carbons (Fsp3) is 0.385. The van der Waals surface area contributed by atoms with E-state index in [-0.39, 0.29) is 0 Å². The maximum atomic E-state index is 4.24. The Bertz CT molecular complexity index is 462. The Balaban J connectivity index is 2.24. The molecule has 0 unspecified atom stereocenters. The van der Waals surface area contributed by atoms with E-state index in [1.807, 2.05) is 25.1 Å². The van der Waals surface area contributed by atoms with Crippen LogP contribution in [0, 0.1) is 6.92 Å². The number of hydrogen-bond acceptors (Lipinski definition) is 3. The molecule has 1 N–H and O–H groups in total. The monoisotopic (exact) mass is 230 g/mol. The first-order valence-electron chi connectivity index (χ1n) is 6.00. The van der Waals surface area contributed by atoms with E-state index >= 15 is 0 Å². The van der Waals surface area contributed by atoms with Crippen LogP contribution in [-0.4, -0.2) is 27.9 Å². The van der Waals surface area contributed by atoms with Crippen LogP contribution in [0.15, 0.2) is 30.3 Å². The number of aromatic nitrogens is 3. The first-order valence-corrected chi connectivity index (χ1v) is 6.00. The molecule has 2 aromatic rings. The van der Waals surface area contributed by atoms with Crippen molar-refractivity contribution in [2.75, 3.05) is 13.1 Å². The molecule has 2 rings (SSSR count). The summed E-state index contributed by atoms with van der Waals surface area (Å²) in [7, 11) is 0. The van der Waals surface area contributed by atoms with Crippen LogP contribution in [0.3, 0.4) is 0 Å². The van der Waals surface area contributed by atoms with Crippen molar-refractivity contribution in [3.8, 4) is 5.69 Å². The zero-order chi connectivity index (χ0) is 12.1. The highest BCUT2D eigenvalue weighted by Gasteiger charge is 2.09. The van der Waals surface area contributed by atoms with E-state index in [1.165, 1.54) is 0 Å². The first-order chi connectivity index (χ1) is 8.33. The predicted octanol–water partition coefficient (Wildman–Crippen LogP) is 1.73. The second kappa shape index (κ2) is 5.59. The number of para-hydroxylation sites is 1. The topological polar surface area (TPSA) is 42.7 Å². The summed E-state index contributed by atoms with van der Waals surface area (Å²) in [6, 6.07) is 10.2. The van der Waals surface area contributed by atoms with E-state index < -0.39 is 0 Å². The molecule has 0 fully saturated rings. The lowest BCUT2D eigenvalue weighted by Crippen LogP contribution is -2.18. The molecule has 0 spiro atoms. The predicted molar refractivity (Wildman–Crippen MR) is 68.3 cm³/mol. The van der Waals surface area contributed by atoms with Gasteiger partial charge in [0.25, 0.3) is 0 Å². The second-order valence-electron chi connectivity index (χ2n) is 3.94. The highest BCUT2D eigenvalue weighted by molar-refractivity contribution is 5.33. The summed E-state index contributed by atoms with van der Waals surface area (Å²) >= 11 is 0. The molecule has 0 aliphatic rings. The summed E-state index contributed by atoms with van der Waals surface area (Å²) < 4.78 is 2.11. The summed E-state index contributed by atoms with van der Waals surface area (Å²) in [6.45, 7) is 6.00. The summed E-state index contributed by atoms with van der Waals surface area (Å²) in [5, 5.41) is 11.7. The smallest absolute Gasteiger partial charge is 0.138 e. The van der Waals surface area contributed by atoms with Gasteiger partial charge in [-0.05, 0) is 25.6 Å². The third-order valence-electron chi connectivity index (χ3n) is 2.68. The van der Waals surface area contributed by atoms with Gasteiger partial charge in [0, 0.05) is 18.7 Å². The highest BCUT2D eigenvalue weighted by atomic mass is 15.3. The van der Waals surface area contributed by atoms with Crippen molar-refractivity contribution in [1.29, 1.82) is 0 Å². The molecule has 90 valence electrons. The van der Waals surface area contributed by atoms with Crippen molar-refractivity contribution in [2.45, 2.75) is 20.3 Å². The highest BCUT2D eigenvalue weighted by Crippen LogP contribution is 2.12. The molecule has 17 heavy (non-hydrogen) atoms. The lowest BCUT2D eigenvalue weighted by Gasteiger charge is -2.08. The fourth-order valence-corrected chi connectivity index (χ4v) is 1.86. The number of aryl methyl sites for hydroxylation is 1. The van der Waals surface area contributed by atoms with Crippen LogP contribution in [0.5, 0.6) is 0 Å². The number of nitrogens with one attached hydrogen (secondary N) is 1. The lowest BCUT2D eigenvalue weighted by atomic mass is 10.3. The van der Waals surface area contributed by atoms with Gasteiger partial charge in [-0.25, -0.2) is 0 Å². The molecule has 4 nitrogen and oxygen atoms in total. The summed E-state index contributed by atoms with van der Waals surface area (Å²) in [5.74, 6) is 1.94. The van der Waals surface area contributed by atoms with E-state index in [4.69, 9.17) is 0 Å². The molecule has 0 bridgehead atoms. The number of benzene rings is 1. The molecule has 0 aliphatic heterocycles. The molecule has 0 aliphatic carbocycles. The van der Waals surface area contributed by atoms with Gasteiger partial charge in [0.05, 0.1) is 0 Å². The van der Waals surface area contributed by atoms with Crippen LogP contribution in [0.1, 0.15) is 18.6 Å². The third-order valence-corrected chi connectivity index (χ3v) is 2.68. The summed E-state index contributed by atoms with van der Waals surface area (Å²) in [5.41, 5.74) is 1.13. The Morgan fingerprint density at radius 2 is 1.94 bits per heavy atom. The maximum absolute atomic E-state index is 4.24. The van der Waals surface area contributed by atoms with E-state index in [0.717, 1.165) is 36.8 Å². The number of nitrogens with zero attached hydrogens (tertiary/aromatic N) is 3. The van der Waals surface area contributed by atoms with Crippen molar-refractivity contribution < 1.29 is 0 Å². The zero-order valence-electron chi connectivity index (χ0n) is 10.3. The molecule has 1 aromatic heterocycles.